The fraction of sp³-hybridized carbons (Fsp3) is 0.273. The van der Waals surface area contributed by atoms with E-state index in [0.717, 1.165) is 42.7 Å². The molecule has 0 amide bonds. The average Bonchev–Trinajstić information content (AvgIpc) is 3.82. The van der Waals surface area contributed by atoms with E-state index in [4.69, 9.17) is 4.42 Å². The van der Waals surface area contributed by atoms with Crippen molar-refractivity contribution in [2.45, 2.75) is 89.5 Å². The summed E-state index contributed by atoms with van der Waals surface area (Å²) < 4.78 is 8.72. The predicted octanol–water partition coefficient (Wildman–Crippen LogP) is 17.8. The molecule has 6 heteroatoms. The van der Waals surface area contributed by atoms with E-state index in [2.05, 4.69) is 212 Å². The van der Waals surface area contributed by atoms with Crippen molar-refractivity contribution in [3.63, 3.8) is 0 Å². The van der Waals surface area contributed by atoms with Gasteiger partial charge in [0.2, 0.25) is 0 Å². The van der Waals surface area contributed by atoms with Gasteiger partial charge in [-0.05, 0) is 130 Å². The molecule has 3 heterocycles. The summed E-state index contributed by atoms with van der Waals surface area (Å²) in [6.45, 7) is 0.0250. The van der Waals surface area contributed by atoms with Crippen LogP contribution in [0.2, 0.25) is 0 Å². The van der Waals surface area contributed by atoms with Gasteiger partial charge in [0, 0.05) is 59.6 Å². The van der Waals surface area contributed by atoms with Gasteiger partial charge in [0.25, 0.3) is 6.71 Å². The highest BCUT2D eigenvalue weighted by molar-refractivity contribution is 9.10. The summed E-state index contributed by atoms with van der Waals surface area (Å²) in [6.07, 6.45) is 17.7. The number of furan rings is 1. The predicted molar refractivity (Wildman–Crippen MR) is 311 cm³/mol. The third-order valence-corrected chi connectivity index (χ3v) is 18.9. The highest BCUT2D eigenvalue weighted by Crippen LogP contribution is 2.55. The molecule has 9 aromatic rings. The maximum atomic E-state index is 6.50. The lowest BCUT2D eigenvalue weighted by atomic mass is 9.33. The summed E-state index contributed by atoms with van der Waals surface area (Å²) >= 11 is 8.18. The van der Waals surface area contributed by atoms with Crippen molar-refractivity contribution in [2.75, 3.05) is 9.80 Å². The molecule has 14 rings (SSSR count). The lowest BCUT2D eigenvalue weighted by Crippen LogP contribution is -2.64. The van der Waals surface area contributed by atoms with Crippen molar-refractivity contribution in [3.05, 3.63) is 179 Å². The van der Waals surface area contributed by atoms with Gasteiger partial charge < -0.3 is 14.2 Å². The molecule has 0 bridgehead atoms. The molecule has 2 unspecified atom stereocenters. The maximum absolute atomic E-state index is 6.50. The number of nitrogens with zero attached hydrogens (tertiary/aromatic N) is 2. The van der Waals surface area contributed by atoms with Crippen LogP contribution in [0.4, 0.5) is 28.4 Å². The van der Waals surface area contributed by atoms with E-state index >= 15 is 0 Å². The van der Waals surface area contributed by atoms with E-state index in [0.29, 0.717) is 17.9 Å². The lowest BCUT2D eigenvalue weighted by Gasteiger charge is -2.55. The molecule has 1 aromatic heterocycles. The van der Waals surface area contributed by atoms with Crippen molar-refractivity contribution in [1.82, 2.24) is 0 Å². The van der Waals surface area contributed by atoms with E-state index in [-0.39, 0.29) is 6.71 Å². The van der Waals surface area contributed by atoms with E-state index in [1.165, 1.54) is 162 Å². The number of hydrogen-bond donors (Lipinski definition) is 0. The van der Waals surface area contributed by atoms with E-state index in [1.807, 2.05) is 0 Å². The first-order chi connectivity index (χ1) is 35.6. The highest BCUT2D eigenvalue weighted by Gasteiger charge is 2.50. The standard InChI is InChI=1S/C66H59BBr2N2O/c68-48-32-34-56-58(40-48)70(65-50(42-17-5-1-6-18-42)26-15-27-51(65)43-19-7-2-8-20-43)60-38-47(46-31-36-63-55(37-46)54-25-13-14-30-62(54)72-63)39-61-64(60)67(56)57-35-33-49(69)41-59(57)71(61)66-52(44-21-9-3-10-22-44)28-16-29-53(66)45-23-11-4-12-24-45/h1-2,5-8,13-15,17-20,25-27,30-41,44-45,52-53,66H,3-4,9-12,16,21-24,28-29H2. The fourth-order valence-corrected chi connectivity index (χ4v) is 15.6. The van der Waals surface area contributed by atoms with Crippen LogP contribution in [0.25, 0.3) is 55.3 Å². The van der Waals surface area contributed by atoms with Crippen molar-refractivity contribution in [1.29, 1.82) is 0 Å². The molecule has 5 aliphatic rings. The van der Waals surface area contributed by atoms with E-state index in [9.17, 15) is 0 Å². The molecular formula is C66H59BBr2N2O. The number of anilines is 5. The van der Waals surface area contributed by atoms with Crippen molar-refractivity contribution in [3.8, 4) is 33.4 Å². The van der Waals surface area contributed by atoms with Crippen LogP contribution in [0.15, 0.2) is 183 Å². The molecule has 356 valence electrons. The van der Waals surface area contributed by atoms with Crippen LogP contribution in [0.3, 0.4) is 0 Å². The molecule has 0 saturated heterocycles. The molecule has 3 fully saturated rings. The van der Waals surface area contributed by atoms with E-state index in [1.54, 1.807) is 0 Å². The Kier molecular flexibility index (Phi) is 11.6. The van der Waals surface area contributed by atoms with Gasteiger partial charge in [0.05, 0.1) is 5.69 Å². The van der Waals surface area contributed by atoms with Gasteiger partial charge >= 0.3 is 0 Å². The maximum Gasteiger partial charge on any atom is 0.252 e. The van der Waals surface area contributed by atoms with Gasteiger partial charge in [-0.15, -0.1) is 0 Å². The van der Waals surface area contributed by atoms with Gasteiger partial charge in [-0.3, -0.25) is 0 Å². The number of hydrogen-bond acceptors (Lipinski definition) is 3. The average molecular weight is 1070 g/mol. The summed E-state index contributed by atoms with van der Waals surface area (Å²) in [5.41, 5.74) is 19.8. The summed E-state index contributed by atoms with van der Waals surface area (Å²) in [7, 11) is 0. The number of halogens is 2. The van der Waals surface area contributed by atoms with E-state index < -0.39 is 0 Å². The molecule has 3 nitrogen and oxygen atoms in total. The van der Waals surface area contributed by atoms with Crippen LogP contribution in [0, 0.1) is 23.7 Å². The second kappa shape index (κ2) is 18.6. The smallest absolute Gasteiger partial charge is 0.252 e. The van der Waals surface area contributed by atoms with Gasteiger partial charge in [0.1, 0.15) is 11.2 Å². The molecule has 72 heavy (non-hydrogen) atoms. The summed E-state index contributed by atoms with van der Waals surface area (Å²) in [4.78, 5) is 5.71. The van der Waals surface area contributed by atoms with Gasteiger partial charge in [-0.2, -0.15) is 0 Å². The van der Waals surface area contributed by atoms with Gasteiger partial charge in [0.15, 0.2) is 0 Å². The first kappa shape index (κ1) is 44.9. The zero-order valence-electron chi connectivity index (χ0n) is 40.9. The zero-order valence-corrected chi connectivity index (χ0v) is 44.1. The summed E-state index contributed by atoms with van der Waals surface area (Å²) in [5, 5.41) is 2.32. The summed E-state index contributed by atoms with van der Waals surface area (Å²) in [6, 6.07) is 64.6. The number of para-hydroxylation sites is 2. The second-order valence-electron chi connectivity index (χ2n) is 21.8. The Labute approximate surface area is 442 Å². The third-order valence-electron chi connectivity index (χ3n) is 17.9. The van der Waals surface area contributed by atoms with Crippen LogP contribution in [-0.4, -0.2) is 12.8 Å². The molecule has 3 saturated carbocycles. The van der Waals surface area contributed by atoms with Crippen LogP contribution in [0.5, 0.6) is 0 Å². The molecule has 0 N–H and O–H groups in total. The quantitative estimate of drug-likeness (QED) is 0.148. The minimum Gasteiger partial charge on any atom is -0.456 e. The molecule has 2 atom stereocenters. The monoisotopic (exact) mass is 1060 g/mol. The summed E-state index contributed by atoms with van der Waals surface area (Å²) in [5.74, 6) is 2.77. The Morgan fingerprint density at radius 1 is 0.417 bits per heavy atom. The van der Waals surface area contributed by atoms with Crippen LogP contribution >= 0.6 is 31.9 Å². The SMILES string of the molecule is Brc1ccc2c(c1)N(c1c(-c3ccccc3)cccc1-c1ccccc1)c1cc(-c3ccc4oc5ccccc5c4c3)cc3c1B2c1ccc(Br)cc1N3C1C(C2CCCCC2)CCCC1C1CCCCC1. The van der Waals surface area contributed by atoms with Gasteiger partial charge in [-0.1, -0.05) is 218 Å². The lowest BCUT2D eigenvalue weighted by molar-refractivity contribution is 0.0839. The minimum atomic E-state index is 0.0250. The first-order valence-corrected chi connectivity index (χ1v) is 28.7. The Balaban J connectivity index is 1.11. The van der Waals surface area contributed by atoms with Crippen LogP contribution < -0.4 is 26.2 Å². The Morgan fingerprint density at radius 3 is 1.64 bits per heavy atom. The van der Waals surface area contributed by atoms with Crippen molar-refractivity contribution >= 4 is 105 Å². The molecule has 8 aromatic carbocycles. The topological polar surface area (TPSA) is 19.6 Å². The van der Waals surface area contributed by atoms with Gasteiger partial charge in [-0.25, -0.2) is 0 Å². The van der Waals surface area contributed by atoms with Crippen LogP contribution in [-0.2, 0) is 0 Å². The van der Waals surface area contributed by atoms with Crippen molar-refractivity contribution in [2.24, 2.45) is 23.7 Å². The molecule has 0 spiro atoms. The number of rotatable bonds is 7. The number of fused-ring (bicyclic) bond motifs is 7. The van der Waals surface area contributed by atoms with Crippen molar-refractivity contribution < 1.29 is 4.42 Å². The molecule has 0 radical (unpaired) electrons. The Morgan fingerprint density at radius 2 is 0.986 bits per heavy atom. The number of benzene rings is 8. The first-order valence-electron chi connectivity index (χ1n) is 27.1. The largest absolute Gasteiger partial charge is 0.456 e. The molecular weight excluding hydrogens is 1010 g/mol. The molecule has 3 aliphatic carbocycles. The fourth-order valence-electron chi connectivity index (χ4n) is 14.9. The minimum absolute atomic E-state index is 0.0250. The second-order valence-corrected chi connectivity index (χ2v) is 23.6. The normalized spacial score (nSPS) is 20.1. The Bertz CT molecular complexity index is 3420. The zero-order chi connectivity index (χ0) is 47.9. The van der Waals surface area contributed by atoms with Crippen LogP contribution in [0.1, 0.15) is 83.5 Å². The third kappa shape index (κ3) is 7.55. The molecule has 2 aliphatic heterocycles. The highest BCUT2D eigenvalue weighted by atomic mass is 79.9. The Hall–Kier alpha value is -5.82.